The van der Waals surface area contributed by atoms with Crippen LogP contribution < -0.4 is 4.74 Å². The zero-order chi connectivity index (χ0) is 14.0. The van der Waals surface area contributed by atoms with Gasteiger partial charge in [-0.15, -0.1) is 0 Å². The van der Waals surface area contributed by atoms with Crippen LogP contribution in [0.1, 0.15) is 17.2 Å². The van der Waals surface area contributed by atoms with Crippen molar-refractivity contribution in [1.82, 2.24) is 0 Å². The molecule has 1 N–H and O–H groups in total. The van der Waals surface area contributed by atoms with Crippen LogP contribution in [0.5, 0.6) is 5.75 Å². The molecule has 1 unspecified atom stereocenters. The molecule has 0 bridgehead atoms. The first-order valence-electron chi connectivity index (χ1n) is 5.50. The highest BCUT2D eigenvalue weighted by Crippen LogP contribution is 2.30. The molecule has 2 nitrogen and oxygen atoms in total. The maximum absolute atomic E-state index is 13.9. The predicted molar refractivity (Wildman–Crippen MR) is 63.4 cm³/mol. The van der Waals surface area contributed by atoms with Gasteiger partial charge in [0.1, 0.15) is 17.7 Å². The second-order valence-electron chi connectivity index (χ2n) is 3.93. The van der Waals surface area contributed by atoms with E-state index in [4.69, 9.17) is 4.74 Å². The quantitative estimate of drug-likeness (QED) is 0.926. The van der Waals surface area contributed by atoms with Crippen LogP contribution in [-0.2, 0) is 0 Å². The van der Waals surface area contributed by atoms with Gasteiger partial charge in [0.25, 0.3) is 0 Å². The van der Waals surface area contributed by atoms with Crippen molar-refractivity contribution in [1.29, 1.82) is 0 Å². The van der Waals surface area contributed by atoms with E-state index in [2.05, 4.69) is 0 Å². The van der Waals surface area contributed by atoms with Crippen LogP contribution in [0, 0.1) is 17.5 Å². The molecule has 0 heterocycles. The normalized spacial score (nSPS) is 12.3. The summed E-state index contributed by atoms with van der Waals surface area (Å²) < 4.78 is 45.3. The van der Waals surface area contributed by atoms with Crippen LogP contribution in [0.15, 0.2) is 36.4 Å². The first kappa shape index (κ1) is 13.4. The topological polar surface area (TPSA) is 29.5 Å². The van der Waals surface area contributed by atoms with Gasteiger partial charge in [0.15, 0.2) is 11.6 Å². The molecule has 100 valence electrons. The Bertz CT molecular complexity index is 599. The number of ether oxygens (including phenoxy) is 1. The fourth-order valence-electron chi connectivity index (χ4n) is 1.79. The monoisotopic (exact) mass is 268 g/mol. The molecule has 0 aliphatic heterocycles. The summed E-state index contributed by atoms with van der Waals surface area (Å²) in [5.74, 6) is -2.40. The van der Waals surface area contributed by atoms with E-state index in [0.29, 0.717) is 0 Å². The number of methoxy groups -OCH3 is 1. The van der Waals surface area contributed by atoms with E-state index in [-0.39, 0.29) is 16.9 Å². The molecular formula is C14H11F3O2. The van der Waals surface area contributed by atoms with Crippen LogP contribution in [0.4, 0.5) is 13.2 Å². The van der Waals surface area contributed by atoms with Gasteiger partial charge in [-0.1, -0.05) is 12.1 Å². The summed E-state index contributed by atoms with van der Waals surface area (Å²) in [5.41, 5.74) is -0.504. The molecule has 0 radical (unpaired) electrons. The Labute approximate surface area is 108 Å². The van der Waals surface area contributed by atoms with E-state index in [9.17, 15) is 18.3 Å². The van der Waals surface area contributed by atoms with Gasteiger partial charge in [-0.25, -0.2) is 13.2 Å². The number of hydrogen-bond donors (Lipinski definition) is 1. The third-order valence-electron chi connectivity index (χ3n) is 2.76. The molecule has 5 heteroatoms. The van der Waals surface area contributed by atoms with E-state index in [1.165, 1.54) is 25.3 Å². The highest BCUT2D eigenvalue weighted by molar-refractivity contribution is 5.37. The molecule has 19 heavy (non-hydrogen) atoms. The van der Waals surface area contributed by atoms with Crippen LogP contribution >= 0.6 is 0 Å². The lowest BCUT2D eigenvalue weighted by Crippen LogP contribution is -2.06. The van der Waals surface area contributed by atoms with Crippen molar-refractivity contribution in [2.45, 2.75) is 6.10 Å². The largest absolute Gasteiger partial charge is 0.494 e. The Hall–Kier alpha value is -2.01. The third kappa shape index (κ3) is 2.56. The first-order chi connectivity index (χ1) is 9.04. The highest BCUT2D eigenvalue weighted by atomic mass is 19.1. The lowest BCUT2D eigenvalue weighted by Gasteiger charge is -2.14. The van der Waals surface area contributed by atoms with Gasteiger partial charge in [-0.2, -0.15) is 0 Å². The molecule has 0 saturated carbocycles. The van der Waals surface area contributed by atoms with Gasteiger partial charge < -0.3 is 9.84 Å². The molecular weight excluding hydrogens is 257 g/mol. The zero-order valence-electron chi connectivity index (χ0n) is 10.0. The van der Waals surface area contributed by atoms with Crippen molar-refractivity contribution in [3.8, 4) is 5.75 Å². The van der Waals surface area contributed by atoms with Gasteiger partial charge in [-0.3, -0.25) is 0 Å². The minimum Gasteiger partial charge on any atom is -0.494 e. The van der Waals surface area contributed by atoms with Crippen LogP contribution in [-0.4, -0.2) is 12.2 Å². The van der Waals surface area contributed by atoms with Gasteiger partial charge >= 0.3 is 0 Å². The maximum atomic E-state index is 13.9. The van der Waals surface area contributed by atoms with Crippen molar-refractivity contribution in [3.63, 3.8) is 0 Å². The fraction of sp³-hybridized carbons (Fsp3) is 0.143. The maximum Gasteiger partial charge on any atom is 0.171 e. The average molecular weight is 268 g/mol. The Morgan fingerprint density at radius 3 is 2.47 bits per heavy atom. The Kier molecular flexibility index (Phi) is 3.76. The minimum absolute atomic E-state index is 0.0756. The van der Waals surface area contributed by atoms with Gasteiger partial charge in [0, 0.05) is 11.1 Å². The van der Waals surface area contributed by atoms with Crippen LogP contribution in [0.2, 0.25) is 0 Å². The van der Waals surface area contributed by atoms with Crippen molar-refractivity contribution >= 4 is 0 Å². The molecule has 2 aromatic carbocycles. The minimum atomic E-state index is -1.61. The summed E-state index contributed by atoms with van der Waals surface area (Å²) in [6.45, 7) is 0. The van der Waals surface area contributed by atoms with Crippen molar-refractivity contribution in [2.75, 3.05) is 7.11 Å². The Morgan fingerprint density at radius 1 is 1.05 bits per heavy atom. The molecule has 2 aromatic rings. The van der Waals surface area contributed by atoms with E-state index >= 15 is 0 Å². The Balaban J connectivity index is 2.50. The predicted octanol–water partition coefficient (Wildman–Crippen LogP) is 3.19. The van der Waals surface area contributed by atoms with Crippen molar-refractivity contribution in [2.24, 2.45) is 0 Å². The highest BCUT2D eigenvalue weighted by Gasteiger charge is 2.21. The summed E-state index contributed by atoms with van der Waals surface area (Å²) in [6, 6.07) is 6.75. The molecule has 2 rings (SSSR count). The average Bonchev–Trinajstić information content (AvgIpc) is 2.41. The van der Waals surface area contributed by atoms with Gasteiger partial charge in [0.2, 0.25) is 0 Å². The lowest BCUT2D eigenvalue weighted by atomic mass is 10.00. The van der Waals surface area contributed by atoms with E-state index < -0.39 is 23.6 Å². The van der Waals surface area contributed by atoms with Crippen LogP contribution in [0.3, 0.4) is 0 Å². The number of hydrogen-bond acceptors (Lipinski definition) is 2. The number of halogens is 3. The second kappa shape index (κ2) is 5.32. The zero-order valence-corrected chi connectivity index (χ0v) is 10.0. The summed E-state index contributed by atoms with van der Waals surface area (Å²) in [7, 11) is 1.28. The van der Waals surface area contributed by atoms with E-state index in [1.807, 2.05) is 0 Å². The van der Waals surface area contributed by atoms with Crippen molar-refractivity contribution in [3.05, 3.63) is 65.0 Å². The third-order valence-corrected chi connectivity index (χ3v) is 2.76. The smallest absolute Gasteiger partial charge is 0.171 e. The Morgan fingerprint density at radius 2 is 1.79 bits per heavy atom. The van der Waals surface area contributed by atoms with Crippen LogP contribution in [0.25, 0.3) is 0 Å². The molecule has 0 fully saturated rings. The number of aliphatic hydroxyl groups excluding tert-OH is 1. The molecule has 0 aromatic heterocycles. The summed E-state index contributed by atoms with van der Waals surface area (Å²) in [4.78, 5) is 0. The molecule has 1 atom stereocenters. The van der Waals surface area contributed by atoms with Gasteiger partial charge in [-0.05, 0) is 24.3 Å². The van der Waals surface area contributed by atoms with Crippen molar-refractivity contribution < 1.29 is 23.0 Å². The number of rotatable bonds is 3. The summed E-state index contributed by atoms with van der Waals surface area (Å²) in [5, 5.41) is 10.00. The van der Waals surface area contributed by atoms with Gasteiger partial charge in [0.05, 0.1) is 7.11 Å². The summed E-state index contributed by atoms with van der Waals surface area (Å²) >= 11 is 0. The molecule has 0 saturated heterocycles. The number of benzene rings is 2. The molecule has 0 aliphatic carbocycles. The first-order valence-corrected chi connectivity index (χ1v) is 5.50. The molecule has 0 spiro atoms. The molecule has 0 aliphatic rings. The second-order valence-corrected chi connectivity index (χ2v) is 3.93. The number of aliphatic hydroxyl groups is 1. The van der Waals surface area contributed by atoms with E-state index in [1.54, 1.807) is 0 Å². The summed E-state index contributed by atoms with van der Waals surface area (Å²) in [6.07, 6.45) is -1.61. The molecule has 0 amide bonds. The SMILES string of the molecule is COc1cccc(C(O)c2cc(F)ccc2F)c1F. The standard InChI is InChI=1S/C14H11F3O2/c1-19-12-4-2-3-9(13(12)17)14(18)10-7-8(15)5-6-11(10)16/h2-7,14,18H,1H3. The lowest BCUT2D eigenvalue weighted by molar-refractivity contribution is 0.207. The van der Waals surface area contributed by atoms with E-state index in [0.717, 1.165) is 18.2 Å². The fourth-order valence-corrected chi connectivity index (χ4v) is 1.79.